The van der Waals surface area contributed by atoms with Crippen molar-refractivity contribution in [2.75, 3.05) is 5.32 Å². The van der Waals surface area contributed by atoms with Crippen LogP contribution < -0.4 is 5.32 Å². The summed E-state index contributed by atoms with van der Waals surface area (Å²) < 4.78 is 0. The number of imidazole rings is 1. The van der Waals surface area contributed by atoms with Crippen molar-refractivity contribution in [3.8, 4) is 0 Å². The van der Waals surface area contributed by atoms with Crippen LogP contribution in [-0.4, -0.2) is 16.0 Å². The molecule has 3 rings (SSSR count). The lowest BCUT2D eigenvalue weighted by Gasteiger charge is -2.14. The van der Waals surface area contributed by atoms with Crippen molar-refractivity contribution in [2.24, 2.45) is 5.92 Å². The van der Waals surface area contributed by atoms with Crippen LogP contribution in [0.1, 0.15) is 52.8 Å². The molecule has 0 bridgehead atoms. The Morgan fingerprint density at radius 3 is 2.70 bits per heavy atom. The highest BCUT2D eigenvalue weighted by atomic mass is 15.0. The minimum Gasteiger partial charge on any atom is -0.382 e. The van der Waals surface area contributed by atoms with E-state index in [2.05, 4.69) is 61.2 Å². The third kappa shape index (κ3) is 2.67. The Morgan fingerprint density at radius 2 is 2.05 bits per heavy atom. The molecule has 1 aromatic heterocycles. The van der Waals surface area contributed by atoms with Crippen LogP contribution in [0.25, 0.3) is 11.0 Å². The lowest BCUT2D eigenvalue weighted by Crippen LogP contribution is -2.15. The molecule has 2 atom stereocenters. The van der Waals surface area contributed by atoms with E-state index < -0.39 is 0 Å². The van der Waals surface area contributed by atoms with Crippen molar-refractivity contribution in [1.29, 1.82) is 0 Å². The molecule has 0 saturated heterocycles. The van der Waals surface area contributed by atoms with Crippen molar-refractivity contribution in [3.63, 3.8) is 0 Å². The Bertz CT molecular complexity index is 606. The van der Waals surface area contributed by atoms with Crippen LogP contribution in [0.3, 0.4) is 0 Å². The topological polar surface area (TPSA) is 40.7 Å². The maximum atomic E-state index is 4.69. The Kier molecular flexibility index (Phi) is 3.23. The van der Waals surface area contributed by atoms with Crippen molar-refractivity contribution < 1.29 is 0 Å². The van der Waals surface area contributed by atoms with Crippen LogP contribution >= 0.6 is 0 Å². The van der Waals surface area contributed by atoms with Gasteiger partial charge < -0.3 is 10.3 Å². The summed E-state index contributed by atoms with van der Waals surface area (Å²) in [6.07, 6.45) is 3.92. The molecule has 3 heteroatoms. The van der Waals surface area contributed by atoms with E-state index in [9.17, 15) is 0 Å². The van der Waals surface area contributed by atoms with Gasteiger partial charge in [-0.2, -0.15) is 0 Å². The van der Waals surface area contributed by atoms with E-state index in [0.29, 0.717) is 6.04 Å². The fraction of sp³-hybridized carbons (Fsp3) is 0.588. The highest BCUT2D eigenvalue weighted by Crippen LogP contribution is 2.29. The minimum atomic E-state index is 0.0630. The molecule has 1 aromatic carbocycles. The van der Waals surface area contributed by atoms with E-state index in [-0.39, 0.29) is 5.41 Å². The number of H-pyrrole nitrogens is 1. The zero-order chi connectivity index (χ0) is 14.3. The van der Waals surface area contributed by atoms with E-state index in [1.54, 1.807) is 0 Å². The molecule has 0 spiro atoms. The fourth-order valence-corrected chi connectivity index (χ4v) is 3.03. The lowest BCUT2D eigenvalue weighted by atomic mass is 9.96. The molecule has 0 amide bonds. The Hall–Kier alpha value is -1.51. The van der Waals surface area contributed by atoms with Gasteiger partial charge in [-0.25, -0.2) is 4.98 Å². The molecule has 1 aliphatic rings. The molecule has 1 heterocycles. The smallest absolute Gasteiger partial charge is 0.112 e. The van der Waals surface area contributed by atoms with E-state index in [1.165, 1.54) is 24.9 Å². The lowest BCUT2D eigenvalue weighted by molar-refractivity contribution is 0.554. The molecule has 0 aliphatic heterocycles. The van der Waals surface area contributed by atoms with Gasteiger partial charge >= 0.3 is 0 Å². The van der Waals surface area contributed by atoms with Gasteiger partial charge in [-0.05, 0) is 43.4 Å². The highest BCUT2D eigenvalue weighted by molar-refractivity contribution is 5.79. The van der Waals surface area contributed by atoms with Gasteiger partial charge in [0.05, 0.1) is 11.0 Å². The molecule has 2 N–H and O–H groups in total. The van der Waals surface area contributed by atoms with Crippen LogP contribution in [0.2, 0.25) is 0 Å². The van der Waals surface area contributed by atoms with E-state index >= 15 is 0 Å². The van der Waals surface area contributed by atoms with Crippen molar-refractivity contribution in [1.82, 2.24) is 9.97 Å². The first-order chi connectivity index (χ1) is 9.41. The minimum absolute atomic E-state index is 0.0630. The summed E-state index contributed by atoms with van der Waals surface area (Å²) in [6, 6.07) is 7.09. The average Bonchev–Trinajstić information content (AvgIpc) is 2.94. The van der Waals surface area contributed by atoms with E-state index in [0.717, 1.165) is 22.8 Å². The van der Waals surface area contributed by atoms with Crippen molar-refractivity contribution in [3.05, 3.63) is 24.0 Å². The first kappa shape index (κ1) is 13.5. The molecule has 108 valence electrons. The number of hydrogen-bond acceptors (Lipinski definition) is 2. The van der Waals surface area contributed by atoms with Gasteiger partial charge in [0.1, 0.15) is 5.82 Å². The third-order valence-corrected chi connectivity index (χ3v) is 4.26. The number of fused-ring (bicyclic) bond motifs is 1. The second kappa shape index (κ2) is 4.80. The second-order valence-electron chi connectivity index (χ2n) is 7.33. The Morgan fingerprint density at radius 1 is 1.25 bits per heavy atom. The van der Waals surface area contributed by atoms with Crippen LogP contribution in [0.4, 0.5) is 5.69 Å². The van der Waals surface area contributed by atoms with Crippen molar-refractivity contribution in [2.45, 2.75) is 58.4 Å². The number of rotatable bonds is 2. The summed E-state index contributed by atoms with van der Waals surface area (Å²) in [4.78, 5) is 8.14. The van der Waals surface area contributed by atoms with Gasteiger partial charge in [-0.15, -0.1) is 0 Å². The number of hydrogen-bond donors (Lipinski definition) is 2. The van der Waals surface area contributed by atoms with Crippen molar-refractivity contribution >= 4 is 16.7 Å². The molecular weight excluding hydrogens is 246 g/mol. The number of aromatic amines is 1. The molecule has 1 fully saturated rings. The quantitative estimate of drug-likeness (QED) is 0.846. The van der Waals surface area contributed by atoms with Gasteiger partial charge in [0.15, 0.2) is 0 Å². The highest BCUT2D eigenvalue weighted by Gasteiger charge is 2.21. The van der Waals surface area contributed by atoms with Gasteiger partial charge in [0.2, 0.25) is 0 Å². The van der Waals surface area contributed by atoms with Crippen LogP contribution in [0.15, 0.2) is 18.2 Å². The van der Waals surface area contributed by atoms with Crippen LogP contribution in [0.5, 0.6) is 0 Å². The van der Waals surface area contributed by atoms with Crippen LogP contribution in [0, 0.1) is 5.92 Å². The second-order valence-corrected chi connectivity index (χ2v) is 7.33. The summed E-state index contributed by atoms with van der Waals surface area (Å²) in [7, 11) is 0. The normalized spacial score (nSPS) is 23.4. The average molecular weight is 271 g/mol. The van der Waals surface area contributed by atoms with Gasteiger partial charge in [-0.3, -0.25) is 0 Å². The molecule has 20 heavy (non-hydrogen) atoms. The van der Waals surface area contributed by atoms with E-state index in [1.807, 2.05) is 0 Å². The Labute approximate surface area is 121 Å². The maximum Gasteiger partial charge on any atom is 0.112 e. The first-order valence-corrected chi connectivity index (χ1v) is 7.68. The predicted octanol–water partition coefficient (Wildman–Crippen LogP) is 4.46. The summed E-state index contributed by atoms with van der Waals surface area (Å²) in [5, 5.41) is 3.66. The van der Waals surface area contributed by atoms with Crippen LogP contribution in [-0.2, 0) is 5.41 Å². The SMILES string of the molecule is CC1CCC(Nc2ccc3nc(C(C)(C)C)[nH]c3c2)C1. The summed E-state index contributed by atoms with van der Waals surface area (Å²) in [5.41, 5.74) is 3.46. The summed E-state index contributed by atoms with van der Waals surface area (Å²) in [5.74, 6) is 1.91. The fourth-order valence-electron chi connectivity index (χ4n) is 3.03. The monoisotopic (exact) mass is 271 g/mol. The predicted molar refractivity (Wildman–Crippen MR) is 85.2 cm³/mol. The molecule has 1 saturated carbocycles. The van der Waals surface area contributed by atoms with Gasteiger partial charge in [0.25, 0.3) is 0 Å². The maximum absolute atomic E-state index is 4.69. The largest absolute Gasteiger partial charge is 0.382 e. The van der Waals surface area contributed by atoms with Gasteiger partial charge in [-0.1, -0.05) is 27.7 Å². The molecular formula is C17H25N3. The zero-order valence-corrected chi connectivity index (χ0v) is 13.0. The zero-order valence-electron chi connectivity index (χ0n) is 13.0. The number of nitrogens with zero attached hydrogens (tertiary/aromatic N) is 1. The molecule has 1 aliphatic carbocycles. The van der Waals surface area contributed by atoms with E-state index in [4.69, 9.17) is 0 Å². The number of benzene rings is 1. The van der Waals surface area contributed by atoms with Gasteiger partial charge in [0, 0.05) is 17.1 Å². The Balaban J connectivity index is 1.83. The molecule has 2 aromatic rings. The number of aromatic nitrogens is 2. The third-order valence-electron chi connectivity index (χ3n) is 4.26. The number of anilines is 1. The molecule has 2 unspecified atom stereocenters. The summed E-state index contributed by atoms with van der Waals surface area (Å²) >= 11 is 0. The first-order valence-electron chi connectivity index (χ1n) is 7.68. The number of nitrogens with one attached hydrogen (secondary N) is 2. The standard InChI is InChI=1S/C17H25N3/c1-11-5-6-12(9-11)18-13-7-8-14-15(10-13)20-16(19-14)17(2,3)4/h7-8,10-12,18H,5-6,9H2,1-4H3,(H,19,20). The molecule has 0 radical (unpaired) electrons. The summed E-state index contributed by atoms with van der Waals surface area (Å²) in [6.45, 7) is 8.90. The molecule has 3 nitrogen and oxygen atoms in total.